The summed E-state index contributed by atoms with van der Waals surface area (Å²) in [7, 11) is -3.16. The summed E-state index contributed by atoms with van der Waals surface area (Å²) in [5.74, 6) is 0. The van der Waals surface area contributed by atoms with Gasteiger partial charge in [0.2, 0.25) is 10.0 Å². The van der Waals surface area contributed by atoms with Crippen LogP contribution in [0.1, 0.15) is 11.1 Å². The lowest BCUT2D eigenvalue weighted by molar-refractivity contribution is 0.589. The zero-order chi connectivity index (χ0) is 12.9. The Labute approximate surface area is 102 Å². The van der Waals surface area contributed by atoms with Crippen molar-refractivity contribution in [1.29, 1.82) is 5.26 Å². The maximum Gasteiger partial charge on any atom is 0.208 e. The van der Waals surface area contributed by atoms with E-state index in [0.29, 0.717) is 17.8 Å². The first kappa shape index (κ1) is 13.5. The van der Waals surface area contributed by atoms with Crippen LogP contribution < -0.4 is 10.0 Å². The van der Waals surface area contributed by atoms with Crippen LogP contribution >= 0.6 is 0 Å². The van der Waals surface area contributed by atoms with Crippen LogP contribution in [0.4, 0.5) is 5.69 Å². The van der Waals surface area contributed by atoms with Gasteiger partial charge in [0.05, 0.1) is 17.5 Å². The summed E-state index contributed by atoms with van der Waals surface area (Å²) in [6.45, 7) is 2.64. The van der Waals surface area contributed by atoms with Crippen LogP contribution in [0.25, 0.3) is 0 Å². The van der Waals surface area contributed by atoms with Crippen LogP contribution in [0.3, 0.4) is 0 Å². The van der Waals surface area contributed by atoms with E-state index in [9.17, 15) is 8.42 Å². The van der Waals surface area contributed by atoms with Gasteiger partial charge in [0.25, 0.3) is 0 Å². The van der Waals surface area contributed by atoms with Crippen LogP contribution in [-0.2, 0) is 10.0 Å². The van der Waals surface area contributed by atoms with Gasteiger partial charge in [-0.1, -0.05) is 6.07 Å². The highest BCUT2D eigenvalue weighted by Crippen LogP contribution is 2.15. The summed E-state index contributed by atoms with van der Waals surface area (Å²) in [5, 5.41) is 11.9. The van der Waals surface area contributed by atoms with Gasteiger partial charge in [-0.15, -0.1) is 0 Å². The minimum absolute atomic E-state index is 0.289. The van der Waals surface area contributed by atoms with Gasteiger partial charge in [0, 0.05) is 13.1 Å². The van der Waals surface area contributed by atoms with E-state index < -0.39 is 10.0 Å². The summed E-state index contributed by atoms with van der Waals surface area (Å²) in [5.41, 5.74) is 2.29. The van der Waals surface area contributed by atoms with Crippen molar-refractivity contribution in [1.82, 2.24) is 4.72 Å². The average molecular weight is 253 g/mol. The summed E-state index contributed by atoms with van der Waals surface area (Å²) >= 11 is 0. The molecule has 17 heavy (non-hydrogen) atoms. The fourth-order valence-electron chi connectivity index (χ4n) is 1.34. The molecule has 0 aliphatic carbocycles. The van der Waals surface area contributed by atoms with Crippen LogP contribution in [-0.4, -0.2) is 27.8 Å². The number of hydrogen-bond acceptors (Lipinski definition) is 4. The predicted octanol–water partition coefficient (Wildman–Crippen LogP) is 0.828. The maximum atomic E-state index is 10.8. The molecule has 0 aliphatic rings. The zero-order valence-electron chi connectivity index (χ0n) is 9.82. The standard InChI is InChI=1S/C11H15N3O2S/c1-9-3-4-11(10(7-9)8-12)13-5-6-14-17(2,15)16/h3-4,7,13-14H,5-6H2,1-2H3. The lowest BCUT2D eigenvalue weighted by Crippen LogP contribution is -2.27. The quantitative estimate of drug-likeness (QED) is 0.761. The zero-order valence-corrected chi connectivity index (χ0v) is 10.6. The fourth-order valence-corrected chi connectivity index (χ4v) is 1.81. The predicted molar refractivity (Wildman–Crippen MR) is 67.2 cm³/mol. The second-order valence-electron chi connectivity index (χ2n) is 3.75. The molecule has 92 valence electrons. The number of anilines is 1. The molecule has 1 rings (SSSR count). The summed E-state index contributed by atoms with van der Waals surface area (Å²) in [6, 6.07) is 7.59. The van der Waals surface area contributed by atoms with E-state index in [-0.39, 0.29) is 6.54 Å². The molecule has 0 unspecified atom stereocenters. The summed E-state index contributed by atoms with van der Waals surface area (Å²) in [6.07, 6.45) is 1.11. The van der Waals surface area contributed by atoms with E-state index in [2.05, 4.69) is 16.1 Å². The third-order valence-electron chi connectivity index (χ3n) is 2.10. The van der Waals surface area contributed by atoms with Gasteiger partial charge in [-0.3, -0.25) is 0 Å². The normalized spacial score (nSPS) is 10.9. The van der Waals surface area contributed by atoms with Crippen molar-refractivity contribution in [3.63, 3.8) is 0 Å². The first-order valence-corrected chi connectivity index (χ1v) is 7.01. The van der Waals surface area contributed by atoms with E-state index in [1.807, 2.05) is 19.1 Å². The highest BCUT2D eigenvalue weighted by atomic mass is 32.2. The largest absolute Gasteiger partial charge is 0.383 e. The number of nitrogens with zero attached hydrogens (tertiary/aromatic N) is 1. The highest BCUT2D eigenvalue weighted by Gasteiger charge is 2.02. The molecule has 0 spiro atoms. The number of aryl methyl sites for hydroxylation is 1. The molecule has 5 nitrogen and oxygen atoms in total. The number of hydrogen-bond donors (Lipinski definition) is 2. The number of nitriles is 1. The van der Waals surface area contributed by atoms with Crippen molar-refractivity contribution >= 4 is 15.7 Å². The molecule has 0 heterocycles. The average Bonchev–Trinajstić information content (AvgIpc) is 2.24. The van der Waals surface area contributed by atoms with E-state index in [1.54, 1.807) is 6.07 Å². The third kappa shape index (κ3) is 4.85. The summed E-state index contributed by atoms with van der Waals surface area (Å²) < 4.78 is 24.0. The number of nitrogens with one attached hydrogen (secondary N) is 2. The van der Waals surface area contributed by atoms with E-state index in [0.717, 1.165) is 11.8 Å². The van der Waals surface area contributed by atoms with Crippen LogP contribution in [0, 0.1) is 18.3 Å². The van der Waals surface area contributed by atoms with Crippen molar-refractivity contribution in [3.05, 3.63) is 29.3 Å². The molecule has 0 fully saturated rings. The van der Waals surface area contributed by atoms with Gasteiger partial charge < -0.3 is 5.32 Å². The third-order valence-corrected chi connectivity index (χ3v) is 2.83. The van der Waals surface area contributed by atoms with Gasteiger partial charge in [-0.05, 0) is 24.6 Å². The Kier molecular flexibility index (Phi) is 4.49. The minimum Gasteiger partial charge on any atom is -0.383 e. The number of rotatable bonds is 5. The van der Waals surface area contributed by atoms with Crippen molar-refractivity contribution in [2.24, 2.45) is 0 Å². The first-order chi connectivity index (χ1) is 7.92. The molecule has 1 aromatic carbocycles. The van der Waals surface area contributed by atoms with Crippen LogP contribution in [0.15, 0.2) is 18.2 Å². The molecule has 0 saturated heterocycles. The monoisotopic (exact) mass is 253 g/mol. The van der Waals surface area contributed by atoms with Crippen LogP contribution in [0.5, 0.6) is 0 Å². The van der Waals surface area contributed by atoms with Crippen molar-refractivity contribution in [3.8, 4) is 6.07 Å². The molecule has 0 atom stereocenters. The van der Waals surface area contributed by atoms with Gasteiger partial charge in [-0.2, -0.15) is 5.26 Å². The van der Waals surface area contributed by atoms with Crippen LogP contribution in [0.2, 0.25) is 0 Å². The van der Waals surface area contributed by atoms with Gasteiger partial charge in [0.1, 0.15) is 6.07 Å². The van der Waals surface area contributed by atoms with Crippen molar-refractivity contribution in [2.75, 3.05) is 24.7 Å². The maximum absolute atomic E-state index is 10.8. The lowest BCUT2D eigenvalue weighted by atomic mass is 10.1. The molecule has 2 N–H and O–H groups in total. The second-order valence-corrected chi connectivity index (χ2v) is 5.59. The molecule has 0 bridgehead atoms. The van der Waals surface area contributed by atoms with Crippen molar-refractivity contribution in [2.45, 2.75) is 6.92 Å². The molecule has 0 aliphatic heterocycles. The topological polar surface area (TPSA) is 82.0 Å². The molecule has 0 aromatic heterocycles. The SMILES string of the molecule is Cc1ccc(NCCNS(C)(=O)=O)c(C#N)c1. The van der Waals surface area contributed by atoms with E-state index in [1.165, 1.54) is 0 Å². The Morgan fingerprint density at radius 1 is 1.35 bits per heavy atom. The Balaban J connectivity index is 2.56. The molecule has 0 amide bonds. The number of benzene rings is 1. The van der Waals surface area contributed by atoms with Gasteiger partial charge in [0.15, 0.2) is 0 Å². The number of sulfonamides is 1. The summed E-state index contributed by atoms with van der Waals surface area (Å²) in [4.78, 5) is 0. The molecule has 1 aromatic rings. The van der Waals surface area contributed by atoms with Crippen molar-refractivity contribution < 1.29 is 8.42 Å². The molecule has 0 saturated carbocycles. The fraction of sp³-hybridized carbons (Fsp3) is 0.364. The molecular weight excluding hydrogens is 238 g/mol. The first-order valence-electron chi connectivity index (χ1n) is 5.11. The van der Waals surface area contributed by atoms with Gasteiger partial charge in [-0.25, -0.2) is 13.1 Å². The Hall–Kier alpha value is -1.58. The molecular formula is C11H15N3O2S. The lowest BCUT2D eigenvalue weighted by Gasteiger charge is -2.08. The Bertz CT molecular complexity index is 532. The Morgan fingerprint density at radius 3 is 2.65 bits per heavy atom. The Morgan fingerprint density at radius 2 is 2.06 bits per heavy atom. The smallest absolute Gasteiger partial charge is 0.208 e. The molecule has 6 heteroatoms. The minimum atomic E-state index is -3.16. The molecule has 0 radical (unpaired) electrons. The van der Waals surface area contributed by atoms with E-state index >= 15 is 0 Å². The second kappa shape index (κ2) is 5.66. The highest BCUT2D eigenvalue weighted by molar-refractivity contribution is 7.88. The van der Waals surface area contributed by atoms with Gasteiger partial charge >= 0.3 is 0 Å². The van der Waals surface area contributed by atoms with E-state index in [4.69, 9.17) is 5.26 Å².